The highest BCUT2D eigenvalue weighted by molar-refractivity contribution is 5.34. The summed E-state index contributed by atoms with van der Waals surface area (Å²) in [6.45, 7) is -0.598. The number of aliphatic hydroxyl groups excluding tert-OH is 5. The van der Waals surface area contributed by atoms with Gasteiger partial charge in [0.1, 0.15) is 42.7 Å². The number of aliphatic hydroxyl groups is 5. The molecule has 0 aromatic rings. The van der Waals surface area contributed by atoms with Gasteiger partial charge in [-0.25, -0.2) is 0 Å². The lowest BCUT2D eigenvalue weighted by Gasteiger charge is -2.42. The van der Waals surface area contributed by atoms with Crippen LogP contribution in [0, 0.1) is 11.3 Å². The van der Waals surface area contributed by atoms with E-state index < -0.39 is 55.6 Å². The first-order valence-electron chi connectivity index (χ1n) is 7.39. The van der Waals surface area contributed by atoms with Crippen LogP contribution in [-0.2, 0) is 14.2 Å². The zero-order chi connectivity index (χ0) is 17.9. The smallest absolute Gasteiger partial charge is 0.187 e. The van der Waals surface area contributed by atoms with Crippen molar-refractivity contribution in [3.05, 3.63) is 23.8 Å². The summed E-state index contributed by atoms with van der Waals surface area (Å²) in [6, 6.07) is 1.83. The number of nitrogens with zero attached hydrogens (tertiary/aromatic N) is 1. The van der Waals surface area contributed by atoms with Gasteiger partial charge in [0, 0.05) is 13.2 Å². The Morgan fingerprint density at radius 2 is 1.92 bits per heavy atom. The van der Waals surface area contributed by atoms with E-state index in [-0.39, 0.29) is 0 Å². The number of hydrogen-bond donors (Lipinski definition) is 5. The molecule has 0 spiro atoms. The van der Waals surface area contributed by atoms with E-state index in [9.17, 15) is 25.5 Å². The molecule has 0 amide bonds. The number of hydrogen-bond acceptors (Lipinski definition) is 9. The van der Waals surface area contributed by atoms with Gasteiger partial charge in [-0.05, 0) is 5.57 Å². The van der Waals surface area contributed by atoms with E-state index >= 15 is 0 Å². The molecule has 5 N–H and O–H groups in total. The maximum Gasteiger partial charge on any atom is 0.187 e. The maximum atomic E-state index is 10.3. The van der Waals surface area contributed by atoms with Crippen molar-refractivity contribution in [2.75, 3.05) is 13.7 Å². The molecule has 9 heteroatoms. The fourth-order valence-electron chi connectivity index (χ4n) is 2.69. The van der Waals surface area contributed by atoms with Gasteiger partial charge < -0.3 is 39.7 Å². The quantitative estimate of drug-likeness (QED) is 0.351. The van der Waals surface area contributed by atoms with Gasteiger partial charge in [0.05, 0.1) is 12.7 Å². The number of allylic oxidation sites excluding steroid dienone is 1. The van der Waals surface area contributed by atoms with Crippen molar-refractivity contribution in [2.24, 2.45) is 0 Å². The van der Waals surface area contributed by atoms with E-state index in [1.807, 2.05) is 6.07 Å². The fourth-order valence-corrected chi connectivity index (χ4v) is 2.69. The zero-order valence-electron chi connectivity index (χ0n) is 13.0. The monoisotopic (exact) mass is 343 g/mol. The molecule has 9 nitrogen and oxygen atoms in total. The number of rotatable bonds is 4. The van der Waals surface area contributed by atoms with Crippen molar-refractivity contribution < 1.29 is 39.7 Å². The largest absolute Gasteiger partial charge is 0.394 e. The molecule has 2 aliphatic rings. The summed E-state index contributed by atoms with van der Waals surface area (Å²) in [5.74, 6) is 0. The highest BCUT2D eigenvalue weighted by atomic mass is 16.7. The number of methoxy groups -OCH3 is 1. The van der Waals surface area contributed by atoms with Crippen LogP contribution in [0.25, 0.3) is 0 Å². The zero-order valence-corrected chi connectivity index (χ0v) is 13.0. The van der Waals surface area contributed by atoms with Crippen molar-refractivity contribution in [1.82, 2.24) is 0 Å². The lowest BCUT2D eigenvalue weighted by atomic mass is 9.92. The Balaban J connectivity index is 2.21. The van der Waals surface area contributed by atoms with Gasteiger partial charge in [0.2, 0.25) is 0 Å². The molecule has 0 bridgehead atoms. The molecule has 0 aromatic carbocycles. The standard InChI is InChI=1S/C15H21NO8/c1-22-8-3-2-7(4-5-16)14(11(8)19)24-15-13(21)12(20)10(18)9(6-17)23-15/h2-4,8-15,17-21H,6H2,1H3/b7-4-/t8-,9-,10-,11+,12+,13-,14+,15+/m1/s1. The molecule has 1 aliphatic carbocycles. The van der Waals surface area contributed by atoms with E-state index in [1.165, 1.54) is 13.2 Å². The molecular formula is C15H21NO8. The van der Waals surface area contributed by atoms with Crippen LogP contribution in [0.3, 0.4) is 0 Å². The van der Waals surface area contributed by atoms with Crippen LogP contribution in [0.5, 0.6) is 0 Å². The Bertz CT molecular complexity index is 528. The van der Waals surface area contributed by atoms with Crippen molar-refractivity contribution >= 4 is 0 Å². The van der Waals surface area contributed by atoms with Crippen molar-refractivity contribution in [2.45, 2.75) is 49.0 Å². The molecule has 0 saturated carbocycles. The molecule has 1 heterocycles. The van der Waals surface area contributed by atoms with Crippen molar-refractivity contribution in [1.29, 1.82) is 5.26 Å². The Kier molecular flexibility index (Phi) is 6.45. The lowest BCUT2D eigenvalue weighted by molar-refractivity contribution is -0.315. The van der Waals surface area contributed by atoms with Crippen LogP contribution in [0.4, 0.5) is 0 Å². The summed E-state index contributed by atoms with van der Waals surface area (Å²) < 4.78 is 15.9. The first-order valence-corrected chi connectivity index (χ1v) is 7.39. The SMILES string of the molecule is CO[C@@H]1C=C/C(=C/C#N)[C@H](O[C@@H]2O[C@H](CO)[C@@H](O)[C@H](O)[C@H]2O)[C@H]1O. The first-order chi connectivity index (χ1) is 11.4. The second kappa shape index (κ2) is 8.15. The molecule has 1 fully saturated rings. The Morgan fingerprint density at radius 3 is 2.50 bits per heavy atom. The number of nitriles is 1. The minimum atomic E-state index is -1.61. The Morgan fingerprint density at radius 1 is 1.21 bits per heavy atom. The predicted molar refractivity (Wildman–Crippen MR) is 78.3 cm³/mol. The highest BCUT2D eigenvalue weighted by Crippen LogP contribution is 2.29. The molecule has 24 heavy (non-hydrogen) atoms. The predicted octanol–water partition coefficient (Wildman–Crippen LogP) is -2.43. The molecule has 2 rings (SSSR count). The van der Waals surface area contributed by atoms with Crippen LogP contribution >= 0.6 is 0 Å². The van der Waals surface area contributed by atoms with Crippen LogP contribution in [0.2, 0.25) is 0 Å². The van der Waals surface area contributed by atoms with Gasteiger partial charge in [-0.1, -0.05) is 12.2 Å². The van der Waals surface area contributed by atoms with E-state index in [4.69, 9.17) is 19.5 Å². The van der Waals surface area contributed by atoms with E-state index in [2.05, 4.69) is 0 Å². The van der Waals surface area contributed by atoms with Gasteiger partial charge in [-0.15, -0.1) is 0 Å². The Hall–Kier alpha value is -1.35. The maximum absolute atomic E-state index is 10.3. The Labute approximate surface area is 138 Å². The van der Waals surface area contributed by atoms with E-state index in [0.717, 1.165) is 0 Å². The fraction of sp³-hybridized carbons (Fsp3) is 0.667. The third kappa shape index (κ3) is 3.66. The highest BCUT2D eigenvalue weighted by Gasteiger charge is 2.46. The minimum Gasteiger partial charge on any atom is -0.394 e. The summed E-state index contributed by atoms with van der Waals surface area (Å²) >= 11 is 0. The summed E-state index contributed by atoms with van der Waals surface area (Å²) in [6.07, 6.45) is -5.97. The van der Waals surface area contributed by atoms with Crippen LogP contribution in [0.1, 0.15) is 0 Å². The molecule has 1 aliphatic heterocycles. The lowest BCUT2D eigenvalue weighted by Crippen LogP contribution is -2.60. The van der Waals surface area contributed by atoms with Crippen LogP contribution in [0.15, 0.2) is 23.8 Å². The van der Waals surface area contributed by atoms with Gasteiger partial charge in [-0.2, -0.15) is 5.26 Å². The molecule has 0 unspecified atom stereocenters. The summed E-state index contributed by atoms with van der Waals surface area (Å²) in [5.41, 5.74) is 0.329. The third-order valence-electron chi connectivity index (χ3n) is 4.09. The van der Waals surface area contributed by atoms with Gasteiger partial charge in [-0.3, -0.25) is 0 Å². The number of ether oxygens (including phenoxy) is 3. The summed E-state index contributed by atoms with van der Waals surface area (Å²) in [7, 11) is 1.39. The summed E-state index contributed by atoms with van der Waals surface area (Å²) in [5, 5.41) is 57.9. The topological polar surface area (TPSA) is 153 Å². The van der Waals surface area contributed by atoms with E-state index in [0.29, 0.717) is 5.57 Å². The van der Waals surface area contributed by atoms with Gasteiger partial charge in [0.15, 0.2) is 6.29 Å². The van der Waals surface area contributed by atoms with Gasteiger partial charge in [0.25, 0.3) is 0 Å². The average molecular weight is 343 g/mol. The summed E-state index contributed by atoms with van der Waals surface area (Å²) in [4.78, 5) is 0. The molecule has 0 aromatic heterocycles. The van der Waals surface area contributed by atoms with Crippen LogP contribution in [-0.4, -0.2) is 88.3 Å². The van der Waals surface area contributed by atoms with Crippen molar-refractivity contribution in [3.8, 4) is 6.07 Å². The minimum absolute atomic E-state index is 0.329. The molecule has 1 saturated heterocycles. The molecule has 8 atom stereocenters. The van der Waals surface area contributed by atoms with E-state index in [1.54, 1.807) is 12.2 Å². The van der Waals surface area contributed by atoms with Gasteiger partial charge >= 0.3 is 0 Å². The third-order valence-corrected chi connectivity index (χ3v) is 4.09. The first kappa shape index (κ1) is 19.0. The van der Waals surface area contributed by atoms with Crippen LogP contribution < -0.4 is 0 Å². The second-order valence-electron chi connectivity index (χ2n) is 5.58. The average Bonchev–Trinajstić information content (AvgIpc) is 2.58. The normalized spacial score (nSPS) is 44.5. The second-order valence-corrected chi connectivity index (χ2v) is 5.58. The molecular weight excluding hydrogens is 322 g/mol. The molecule has 0 radical (unpaired) electrons. The van der Waals surface area contributed by atoms with Crippen molar-refractivity contribution in [3.63, 3.8) is 0 Å². The molecule has 134 valence electrons.